The second-order valence-corrected chi connectivity index (χ2v) is 9.15. The molecule has 0 amide bonds. The molecule has 0 saturated heterocycles. The highest BCUT2D eigenvalue weighted by Gasteiger charge is 2.10. The van der Waals surface area contributed by atoms with Crippen LogP contribution in [0, 0.1) is 0 Å². The molecule has 0 aliphatic rings. The van der Waals surface area contributed by atoms with Crippen molar-refractivity contribution >= 4 is 46.7 Å². The predicted octanol–water partition coefficient (Wildman–Crippen LogP) is 6.96. The van der Waals surface area contributed by atoms with Gasteiger partial charge in [0.1, 0.15) is 19.0 Å². The van der Waals surface area contributed by atoms with Gasteiger partial charge in [-0.3, -0.25) is 5.43 Å². The monoisotopic (exact) mass is 529 g/mol. The van der Waals surface area contributed by atoms with Crippen molar-refractivity contribution in [2.45, 2.75) is 32.7 Å². The number of rotatable bonds is 11. The summed E-state index contributed by atoms with van der Waals surface area (Å²) in [6, 6.07) is 21.6. The minimum Gasteiger partial charge on any atom is -0.490 e. The lowest BCUT2D eigenvalue weighted by Crippen LogP contribution is -2.31. The maximum atomic E-state index is 6.38. The highest BCUT2D eigenvalue weighted by Crippen LogP contribution is 2.33. The quantitative estimate of drug-likeness (QED) is 0.121. The van der Waals surface area contributed by atoms with E-state index in [1.54, 1.807) is 18.3 Å². The van der Waals surface area contributed by atoms with E-state index in [1.807, 2.05) is 42.5 Å². The van der Waals surface area contributed by atoms with Crippen molar-refractivity contribution in [3.05, 3.63) is 93.5 Å². The third kappa shape index (κ3) is 8.73. The van der Waals surface area contributed by atoms with Gasteiger partial charge in [0.15, 0.2) is 10.9 Å². The van der Waals surface area contributed by atoms with Gasteiger partial charge in [-0.2, -0.15) is 5.10 Å². The van der Waals surface area contributed by atoms with Crippen LogP contribution >= 0.6 is 35.4 Å². The SMILES string of the molecule is CC[C@@H](C)c1ccc(OCCOc2c(Cl)cc(/C=N\NC(=S)NCc3ccccc3)cc2Cl)cc1. The van der Waals surface area contributed by atoms with Crippen LogP contribution in [-0.4, -0.2) is 24.5 Å². The number of hydrogen-bond donors (Lipinski definition) is 2. The topological polar surface area (TPSA) is 54.9 Å². The Labute approximate surface area is 222 Å². The van der Waals surface area contributed by atoms with Gasteiger partial charge in [-0.15, -0.1) is 0 Å². The standard InChI is InChI=1S/C27H29Cl2N3O2S/c1-3-19(2)22-9-11-23(12-10-22)33-13-14-34-26-24(28)15-21(16-25(26)29)18-31-32-27(35)30-17-20-7-5-4-6-8-20/h4-12,15-16,18-19H,3,13-14,17H2,1-2H3,(H2,30,32,35)/b31-18-/t19-/m1/s1. The van der Waals surface area contributed by atoms with E-state index in [0.717, 1.165) is 17.7 Å². The fourth-order valence-electron chi connectivity index (χ4n) is 3.21. The van der Waals surface area contributed by atoms with Gasteiger partial charge in [-0.1, -0.05) is 79.5 Å². The summed E-state index contributed by atoms with van der Waals surface area (Å²) in [7, 11) is 0. The van der Waals surface area contributed by atoms with E-state index in [-0.39, 0.29) is 0 Å². The van der Waals surface area contributed by atoms with Crippen molar-refractivity contribution in [2.75, 3.05) is 13.2 Å². The van der Waals surface area contributed by atoms with Crippen molar-refractivity contribution in [3.8, 4) is 11.5 Å². The molecule has 3 rings (SSSR count). The van der Waals surface area contributed by atoms with Gasteiger partial charge in [0, 0.05) is 6.54 Å². The molecule has 2 N–H and O–H groups in total. The van der Waals surface area contributed by atoms with Gasteiger partial charge in [0.2, 0.25) is 0 Å². The second kappa shape index (κ2) is 13.9. The Morgan fingerprint density at radius 1 is 1.00 bits per heavy atom. The number of nitrogens with one attached hydrogen (secondary N) is 2. The lowest BCUT2D eigenvalue weighted by molar-refractivity contribution is 0.217. The van der Waals surface area contributed by atoms with Crippen LogP contribution in [0.1, 0.15) is 42.9 Å². The third-order valence-electron chi connectivity index (χ3n) is 5.36. The van der Waals surface area contributed by atoms with Crippen molar-refractivity contribution in [3.63, 3.8) is 0 Å². The fourth-order valence-corrected chi connectivity index (χ4v) is 3.94. The Bertz CT molecular complexity index is 1100. The van der Waals surface area contributed by atoms with E-state index in [2.05, 4.69) is 41.8 Å². The van der Waals surface area contributed by atoms with Crippen LogP contribution in [0.15, 0.2) is 71.8 Å². The van der Waals surface area contributed by atoms with Crippen LogP contribution in [0.25, 0.3) is 0 Å². The van der Waals surface area contributed by atoms with E-state index >= 15 is 0 Å². The largest absolute Gasteiger partial charge is 0.490 e. The number of ether oxygens (including phenoxy) is 2. The molecule has 0 aliphatic carbocycles. The molecule has 0 spiro atoms. The zero-order chi connectivity index (χ0) is 25.0. The molecule has 1 atom stereocenters. The van der Waals surface area contributed by atoms with E-state index in [9.17, 15) is 0 Å². The van der Waals surface area contributed by atoms with Gasteiger partial charge < -0.3 is 14.8 Å². The Hall–Kier alpha value is -2.80. The van der Waals surface area contributed by atoms with Gasteiger partial charge in [0.25, 0.3) is 0 Å². The second-order valence-electron chi connectivity index (χ2n) is 7.93. The zero-order valence-electron chi connectivity index (χ0n) is 19.8. The normalized spacial score (nSPS) is 11.8. The first-order valence-electron chi connectivity index (χ1n) is 11.4. The number of hydrogen-bond acceptors (Lipinski definition) is 4. The Kier molecular flexibility index (Phi) is 10.7. The fraction of sp³-hybridized carbons (Fsp3) is 0.259. The first-order valence-corrected chi connectivity index (χ1v) is 12.6. The molecule has 5 nitrogen and oxygen atoms in total. The summed E-state index contributed by atoms with van der Waals surface area (Å²) < 4.78 is 11.5. The van der Waals surface area contributed by atoms with Crippen LogP contribution in [-0.2, 0) is 6.54 Å². The van der Waals surface area contributed by atoms with Crippen molar-refractivity contribution in [1.82, 2.24) is 10.7 Å². The molecule has 0 bridgehead atoms. The summed E-state index contributed by atoms with van der Waals surface area (Å²) in [6.07, 6.45) is 2.69. The van der Waals surface area contributed by atoms with Crippen LogP contribution in [0.3, 0.4) is 0 Å². The number of benzene rings is 3. The van der Waals surface area contributed by atoms with Gasteiger partial charge in [-0.25, -0.2) is 0 Å². The highest BCUT2D eigenvalue weighted by molar-refractivity contribution is 7.80. The molecule has 0 unspecified atom stereocenters. The lowest BCUT2D eigenvalue weighted by Gasteiger charge is -2.13. The van der Waals surface area contributed by atoms with E-state index in [4.69, 9.17) is 44.9 Å². The molecule has 3 aromatic carbocycles. The van der Waals surface area contributed by atoms with E-state index in [0.29, 0.717) is 52.1 Å². The Morgan fingerprint density at radius 2 is 1.66 bits per heavy atom. The average molecular weight is 531 g/mol. The van der Waals surface area contributed by atoms with Crippen LogP contribution < -0.4 is 20.2 Å². The average Bonchev–Trinajstić information content (AvgIpc) is 2.87. The van der Waals surface area contributed by atoms with Crippen molar-refractivity contribution < 1.29 is 9.47 Å². The summed E-state index contributed by atoms with van der Waals surface area (Å²) in [5.41, 5.74) is 5.92. The van der Waals surface area contributed by atoms with Crippen LogP contribution in [0.4, 0.5) is 0 Å². The Balaban J connectivity index is 1.44. The minimum absolute atomic E-state index is 0.308. The predicted molar refractivity (Wildman–Crippen MR) is 149 cm³/mol. The summed E-state index contributed by atoms with van der Waals surface area (Å²) in [5.74, 6) is 1.75. The maximum absolute atomic E-state index is 6.38. The minimum atomic E-state index is 0.308. The number of thiocarbonyl (C=S) groups is 1. The molecule has 0 heterocycles. The first kappa shape index (κ1) is 26.8. The third-order valence-corrected chi connectivity index (χ3v) is 6.15. The summed E-state index contributed by atoms with van der Waals surface area (Å²) in [6.45, 7) is 5.68. The van der Waals surface area contributed by atoms with Gasteiger partial charge in [-0.05, 0) is 65.5 Å². The van der Waals surface area contributed by atoms with Crippen LogP contribution in [0.5, 0.6) is 11.5 Å². The molecular weight excluding hydrogens is 501 g/mol. The molecule has 35 heavy (non-hydrogen) atoms. The van der Waals surface area contributed by atoms with Crippen molar-refractivity contribution in [1.29, 1.82) is 0 Å². The van der Waals surface area contributed by atoms with E-state index < -0.39 is 0 Å². The summed E-state index contributed by atoms with van der Waals surface area (Å²) in [4.78, 5) is 0. The smallest absolute Gasteiger partial charge is 0.187 e. The molecule has 0 aromatic heterocycles. The molecule has 0 fully saturated rings. The molecule has 8 heteroatoms. The lowest BCUT2D eigenvalue weighted by atomic mass is 9.99. The molecule has 3 aromatic rings. The number of nitrogens with zero attached hydrogens (tertiary/aromatic N) is 1. The first-order chi connectivity index (χ1) is 17.0. The van der Waals surface area contributed by atoms with Gasteiger partial charge >= 0.3 is 0 Å². The molecular formula is C27H29Cl2N3O2S. The zero-order valence-corrected chi connectivity index (χ0v) is 22.1. The number of halogens is 2. The van der Waals surface area contributed by atoms with Gasteiger partial charge in [0.05, 0.1) is 16.3 Å². The van der Waals surface area contributed by atoms with E-state index in [1.165, 1.54) is 5.56 Å². The summed E-state index contributed by atoms with van der Waals surface area (Å²) in [5, 5.41) is 8.43. The molecule has 0 radical (unpaired) electrons. The molecule has 0 saturated carbocycles. The Morgan fingerprint density at radius 3 is 2.31 bits per heavy atom. The van der Waals surface area contributed by atoms with Crippen molar-refractivity contribution in [2.24, 2.45) is 5.10 Å². The highest BCUT2D eigenvalue weighted by atomic mass is 35.5. The molecule has 184 valence electrons. The summed E-state index contributed by atoms with van der Waals surface area (Å²) >= 11 is 18.0. The maximum Gasteiger partial charge on any atom is 0.187 e. The molecule has 0 aliphatic heterocycles. The van der Waals surface area contributed by atoms with Crippen LogP contribution in [0.2, 0.25) is 10.0 Å². The number of hydrazone groups is 1.